The van der Waals surface area contributed by atoms with Crippen LogP contribution in [0, 0.1) is 0 Å². The number of carbonyl (C=O) groups is 3. The predicted molar refractivity (Wildman–Crippen MR) is 113 cm³/mol. The molecular formula is C22H27N3O5. The number of urea groups is 1. The van der Waals surface area contributed by atoms with E-state index in [0.717, 1.165) is 5.56 Å². The maximum atomic E-state index is 12.3. The van der Waals surface area contributed by atoms with Crippen molar-refractivity contribution in [1.29, 1.82) is 0 Å². The van der Waals surface area contributed by atoms with E-state index in [-0.39, 0.29) is 12.1 Å². The summed E-state index contributed by atoms with van der Waals surface area (Å²) in [6.45, 7) is 5.57. The fraction of sp³-hybridized carbons (Fsp3) is 0.318. The van der Waals surface area contributed by atoms with E-state index in [9.17, 15) is 14.4 Å². The predicted octanol–water partition coefficient (Wildman–Crippen LogP) is 3.09. The van der Waals surface area contributed by atoms with Gasteiger partial charge in [0.05, 0.1) is 12.7 Å². The average molecular weight is 413 g/mol. The van der Waals surface area contributed by atoms with Crippen molar-refractivity contribution in [2.24, 2.45) is 0 Å². The van der Waals surface area contributed by atoms with Crippen LogP contribution in [0.15, 0.2) is 48.5 Å². The maximum Gasteiger partial charge on any atom is 0.338 e. The number of rotatable bonds is 8. The van der Waals surface area contributed by atoms with E-state index in [0.29, 0.717) is 23.5 Å². The summed E-state index contributed by atoms with van der Waals surface area (Å²) in [7, 11) is 1.53. The number of amides is 3. The van der Waals surface area contributed by atoms with Crippen LogP contribution in [0.25, 0.3) is 0 Å². The summed E-state index contributed by atoms with van der Waals surface area (Å²) < 4.78 is 10.4. The Morgan fingerprint density at radius 3 is 2.33 bits per heavy atom. The van der Waals surface area contributed by atoms with Crippen molar-refractivity contribution in [3.8, 4) is 5.75 Å². The molecule has 2 rings (SSSR count). The third-order valence-electron chi connectivity index (χ3n) is 4.05. The summed E-state index contributed by atoms with van der Waals surface area (Å²) in [6.07, 6.45) is -0.982. The minimum Gasteiger partial charge on any atom is -0.497 e. The number of carbonyl (C=O) groups excluding carboxylic acids is 3. The lowest BCUT2D eigenvalue weighted by Gasteiger charge is -2.14. The molecule has 30 heavy (non-hydrogen) atoms. The van der Waals surface area contributed by atoms with Gasteiger partial charge in [0, 0.05) is 24.3 Å². The molecule has 0 radical (unpaired) electrons. The zero-order chi connectivity index (χ0) is 22.1. The summed E-state index contributed by atoms with van der Waals surface area (Å²) in [5.41, 5.74) is 1.68. The van der Waals surface area contributed by atoms with Crippen LogP contribution in [0.5, 0.6) is 5.75 Å². The number of anilines is 1. The summed E-state index contributed by atoms with van der Waals surface area (Å²) >= 11 is 0. The zero-order valence-corrected chi connectivity index (χ0v) is 17.5. The van der Waals surface area contributed by atoms with E-state index in [4.69, 9.17) is 9.47 Å². The van der Waals surface area contributed by atoms with Gasteiger partial charge in [-0.2, -0.15) is 0 Å². The van der Waals surface area contributed by atoms with Gasteiger partial charge in [0.1, 0.15) is 5.75 Å². The Morgan fingerprint density at radius 1 is 1.00 bits per heavy atom. The van der Waals surface area contributed by atoms with Crippen LogP contribution in [0.4, 0.5) is 10.5 Å². The summed E-state index contributed by atoms with van der Waals surface area (Å²) in [5.74, 6) is -0.456. The van der Waals surface area contributed by atoms with Gasteiger partial charge in [-0.15, -0.1) is 0 Å². The lowest BCUT2D eigenvalue weighted by Crippen LogP contribution is -2.39. The van der Waals surface area contributed by atoms with Crippen molar-refractivity contribution < 1.29 is 23.9 Å². The highest BCUT2D eigenvalue weighted by Crippen LogP contribution is 2.17. The molecule has 8 nitrogen and oxygen atoms in total. The highest BCUT2D eigenvalue weighted by Gasteiger charge is 2.19. The molecule has 0 fully saturated rings. The van der Waals surface area contributed by atoms with E-state index in [1.165, 1.54) is 14.0 Å². The van der Waals surface area contributed by atoms with Gasteiger partial charge in [0.15, 0.2) is 6.10 Å². The Kier molecular flexibility index (Phi) is 8.22. The topological polar surface area (TPSA) is 106 Å². The zero-order valence-electron chi connectivity index (χ0n) is 17.5. The Bertz CT molecular complexity index is 881. The normalized spacial score (nSPS) is 11.4. The molecule has 0 unspecified atom stereocenters. The summed E-state index contributed by atoms with van der Waals surface area (Å²) in [5, 5.41) is 8.14. The molecule has 8 heteroatoms. The lowest BCUT2D eigenvalue weighted by atomic mass is 10.1. The van der Waals surface area contributed by atoms with Crippen LogP contribution in [0.1, 0.15) is 36.7 Å². The molecule has 2 aromatic carbocycles. The smallest absolute Gasteiger partial charge is 0.338 e. The van der Waals surface area contributed by atoms with Crippen LogP contribution < -0.4 is 20.7 Å². The number of hydrogen-bond acceptors (Lipinski definition) is 5. The largest absolute Gasteiger partial charge is 0.497 e. The monoisotopic (exact) mass is 413 g/mol. The molecule has 0 aliphatic rings. The minimum atomic E-state index is -0.982. The number of hydrogen-bond donors (Lipinski definition) is 3. The fourth-order valence-corrected chi connectivity index (χ4v) is 2.48. The minimum absolute atomic E-state index is 0.0465. The molecule has 0 bridgehead atoms. The van der Waals surface area contributed by atoms with E-state index in [1.807, 2.05) is 13.8 Å². The second kappa shape index (κ2) is 10.8. The first-order valence-corrected chi connectivity index (χ1v) is 9.57. The van der Waals surface area contributed by atoms with Crippen molar-refractivity contribution in [3.63, 3.8) is 0 Å². The average Bonchev–Trinajstić information content (AvgIpc) is 2.72. The molecule has 0 aliphatic heterocycles. The van der Waals surface area contributed by atoms with Crippen LogP contribution >= 0.6 is 0 Å². The first kappa shape index (κ1) is 22.7. The standard InChI is InChI=1S/C22H27N3O5/c1-14(2)24-22(28)23-13-16-8-10-17(11-9-16)21(27)30-15(3)20(26)25-18-6-5-7-19(12-18)29-4/h5-12,14-15H,13H2,1-4H3,(H,25,26)(H2,23,24,28)/t15-/m0/s1. The van der Waals surface area contributed by atoms with Gasteiger partial charge in [-0.05, 0) is 50.6 Å². The molecule has 3 N–H and O–H groups in total. The number of nitrogens with one attached hydrogen (secondary N) is 3. The quantitative estimate of drug-likeness (QED) is 0.577. The third kappa shape index (κ3) is 7.12. The second-order valence-electron chi connectivity index (χ2n) is 6.95. The van der Waals surface area contributed by atoms with E-state index >= 15 is 0 Å². The van der Waals surface area contributed by atoms with E-state index in [1.54, 1.807) is 48.5 Å². The van der Waals surface area contributed by atoms with Crippen molar-refractivity contribution in [1.82, 2.24) is 10.6 Å². The van der Waals surface area contributed by atoms with Gasteiger partial charge < -0.3 is 25.4 Å². The Hall–Kier alpha value is -3.55. The van der Waals surface area contributed by atoms with E-state index < -0.39 is 18.0 Å². The molecule has 0 saturated carbocycles. The first-order valence-electron chi connectivity index (χ1n) is 9.57. The van der Waals surface area contributed by atoms with Crippen molar-refractivity contribution in [3.05, 3.63) is 59.7 Å². The molecule has 160 valence electrons. The Morgan fingerprint density at radius 2 is 1.70 bits per heavy atom. The van der Waals surface area contributed by atoms with E-state index in [2.05, 4.69) is 16.0 Å². The second-order valence-corrected chi connectivity index (χ2v) is 6.95. The highest BCUT2D eigenvalue weighted by molar-refractivity contribution is 5.97. The van der Waals surface area contributed by atoms with Crippen LogP contribution in [0.2, 0.25) is 0 Å². The van der Waals surface area contributed by atoms with Crippen LogP contribution in [0.3, 0.4) is 0 Å². The van der Waals surface area contributed by atoms with Gasteiger partial charge in [-0.1, -0.05) is 18.2 Å². The van der Waals surface area contributed by atoms with Gasteiger partial charge in [0.25, 0.3) is 5.91 Å². The first-order chi connectivity index (χ1) is 14.3. The molecule has 1 atom stereocenters. The number of esters is 1. The van der Waals surface area contributed by atoms with Crippen molar-refractivity contribution >= 4 is 23.6 Å². The summed E-state index contributed by atoms with van der Waals surface area (Å²) in [4.78, 5) is 36.2. The molecule has 3 amide bonds. The van der Waals surface area contributed by atoms with Crippen molar-refractivity contribution in [2.45, 2.75) is 39.5 Å². The molecule has 0 saturated heterocycles. The molecule has 0 spiro atoms. The fourth-order valence-electron chi connectivity index (χ4n) is 2.48. The van der Waals surface area contributed by atoms with Crippen LogP contribution in [-0.2, 0) is 16.1 Å². The number of ether oxygens (including phenoxy) is 2. The number of benzene rings is 2. The Labute approximate surface area is 175 Å². The molecule has 0 heterocycles. The molecule has 0 aromatic heterocycles. The molecule has 0 aliphatic carbocycles. The third-order valence-corrected chi connectivity index (χ3v) is 4.05. The van der Waals surface area contributed by atoms with Crippen molar-refractivity contribution in [2.75, 3.05) is 12.4 Å². The molecule has 2 aromatic rings. The number of methoxy groups -OCH3 is 1. The lowest BCUT2D eigenvalue weighted by molar-refractivity contribution is -0.123. The maximum absolute atomic E-state index is 12.3. The summed E-state index contributed by atoms with van der Waals surface area (Å²) in [6, 6.07) is 13.3. The van der Waals surface area contributed by atoms with Crippen LogP contribution in [-0.4, -0.2) is 37.2 Å². The van der Waals surface area contributed by atoms with Gasteiger partial charge >= 0.3 is 12.0 Å². The van der Waals surface area contributed by atoms with Gasteiger partial charge in [-0.25, -0.2) is 9.59 Å². The van der Waals surface area contributed by atoms with Gasteiger partial charge in [-0.3, -0.25) is 4.79 Å². The molecular weight excluding hydrogens is 386 g/mol. The Balaban J connectivity index is 1.87. The van der Waals surface area contributed by atoms with Gasteiger partial charge in [0.2, 0.25) is 0 Å². The highest BCUT2D eigenvalue weighted by atomic mass is 16.5. The SMILES string of the molecule is COc1cccc(NC(=O)[C@H](C)OC(=O)c2ccc(CNC(=O)NC(C)C)cc2)c1.